The van der Waals surface area contributed by atoms with E-state index in [0.717, 1.165) is 60.8 Å². The minimum atomic E-state index is 0.611. The lowest BCUT2D eigenvalue weighted by Crippen LogP contribution is -2.01. The summed E-state index contributed by atoms with van der Waals surface area (Å²) in [5.74, 6) is 1.84. The van der Waals surface area contributed by atoms with Gasteiger partial charge < -0.3 is 0 Å². The minimum absolute atomic E-state index is 0.611. The van der Waals surface area contributed by atoms with Gasteiger partial charge in [-0.15, -0.1) is 0 Å². The fourth-order valence-electron chi connectivity index (χ4n) is 8.69. The van der Waals surface area contributed by atoms with E-state index < -0.39 is 0 Å². The molecule has 0 N–H and O–H groups in total. The zero-order valence-corrected chi connectivity index (χ0v) is 33.9. The SMILES string of the molecule is c1ccc(-c2ccc(-c3nc(-c4cccc(-c5ccc(-c6ccccc6)c6ccccc56)c4)nc(-c4ccc5cccc(-c6ccccc6)c5c4)n3)c(-c3ccccc3)c2)cc1. The molecule has 3 heteroatoms. The number of benzene rings is 10. The Balaban J connectivity index is 1.11. The highest BCUT2D eigenvalue weighted by Crippen LogP contribution is 2.39. The average molecular weight is 790 g/mol. The first-order valence-corrected chi connectivity index (χ1v) is 21.0. The summed E-state index contributed by atoms with van der Waals surface area (Å²) in [4.78, 5) is 16.0. The normalized spacial score (nSPS) is 11.2. The summed E-state index contributed by atoms with van der Waals surface area (Å²) in [7, 11) is 0. The van der Waals surface area contributed by atoms with Crippen LogP contribution in [0.1, 0.15) is 0 Å². The van der Waals surface area contributed by atoms with E-state index in [9.17, 15) is 0 Å². The van der Waals surface area contributed by atoms with Crippen molar-refractivity contribution in [2.75, 3.05) is 0 Å². The maximum Gasteiger partial charge on any atom is 0.164 e. The number of nitrogens with zero attached hydrogens (tertiary/aromatic N) is 3. The molecule has 0 saturated carbocycles. The first-order chi connectivity index (χ1) is 30.7. The van der Waals surface area contributed by atoms with Gasteiger partial charge in [-0.05, 0) is 101 Å². The molecule has 0 radical (unpaired) electrons. The van der Waals surface area contributed by atoms with Gasteiger partial charge in [0.1, 0.15) is 0 Å². The van der Waals surface area contributed by atoms with E-state index in [1.807, 2.05) is 0 Å². The van der Waals surface area contributed by atoms with Crippen molar-refractivity contribution in [3.05, 3.63) is 237 Å². The van der Waals surface area contributed by atoms with Gasteiger partial charge in [0.05, 0.1) is 0 Å². The number of rotatable bonds is 8. The van der Waals surface area contributed by atoms with Gasteiger partial charge in [0, 0.05) is 16.7 Å². The predicted molar refractivity (Wildman–Crippen MR) is 258 cm³/mol. The third-order valence-corrected chi connectivity index (χ3v) is 11.8. The molecule has 0 aliphatic heterocycles. The lowest BCUT2D eigenvalue weighted by molar-refractivity contribution is 1.07. The minimum Gasteiger partial charge on any atom is -0.208 e. The molecule has 290 valence electrons. The Kier molecular flexibility index (Phi) is 9.53. The molecule has 10 aromatic carbocycles. The van der Waals surface area contributed by atoms with Crippen molar-refractivity contribution >= 4 is 21.5 Å². The molecular formula is C59H39N3. The second kappa shape index (κ2) is 16.1. The highest BCUT2D eigenvalue weighted by Gasteiger charge is 2.19. The van der Waals surface area contributed by atoms with E-state index in [0.29, 0.717) is 17.5 Å². The van der Waals surface area contributed by atoms with Gasteiger partial charge >= 0.3 is 0 Å². The van der Waals surface area contributed by atoms with Gasteiger partial charge in [-0.3, -0.25) is 0 Å². The number of hydrogen-bond donors (Lipinski definition) is 0. The first-order valence-electron chi connectivity index (χ1n) is 21.0. The number of aromatic nitrogens is 3. The Morgan fingerprint density at radius 2 is 0.629 bits per heavy atom. The van der Waals surface area contributed by atoms with Gasteiger partial charge in [-0.25, -0.2) is 15.0 Å². The van der Waals surface area contributed by atoms with Crippen LogP contribution in [-0.4, -0.2) is 15.0 Å². The smallest absolute Gasteiger partial charge is 0.164 e. The van der Waals surface area contributed by atoms with Gasteiger partial charge in [0.15, 0.2) is 17.5 Å². The van der Waals surface area contributed by atoms with Crippen LogP contribution in [-0.2, 0) is 0 Å². The molecule has 0 unspecified atom stereocenters. The second-order valence-electron chi connectivity index (χ2n) is 15.6. The summed E-state index contributed by atoms with van der Waals surface area (Å²) in [5.41, 5.74) is 14.2. The summed E-state index contributed by atoms with van der Waals surface area (Å²) in [6.07, 6.45) is 0. The maximum atomic E-state index is 5.34. The lowest BCUT2D eigenvalue weighted by Gasteiger charge is -2.15. The standard InChI is InChI=1S/C59H39N3/c1-5-17-40(18-6-1)45-33-34-54(56(38-45)43-23-11-4-12-24-43)59-61-57(60-58(62-59)48-32-31-44-25-16-30-49(55(44)39-48)41-19-7-2-8-20-41)47-27-15-26-46(37-47)51-36-35-50(42-21-9-3-10-22-42)52-28-13-14-29-53(51)52/h1-39H. The fraction of sp³-hybridized carbons (Fsp3) is 0. The molecule has 0 atom stereocenters. The Morgan fingerprint density at radius 1 is 0.194 bits per heavy atom. The maximum absolute atomic E-state index is 5.34. The molecule has 0 amide bonds. The highest BCUT2D eigenvalue weighted by atomic mass is 15.0. The molecule has 1 aromatic heterocycles. The van der Waals surface area contributed by atoms with E-state index in [-0.39, 0.29) is 0 Å². The molecule has 0 saturated heterocycles. The Morgan fingerprint density at radius 3 is 1.26 bits per heavy atom. The lowest BCUT2D eigenvalue weighted by atomic mass is 9.91. The zero-order chi connectivity index (χ0) is 41.2. The third-order valence-electron chi connectivity index (χ3n) is 11.8. The van der Waals surface area contributed by atoms with Gasteiger partial charge in [-0.1, -0.05) is 212 Å². The van der Waals surface area contributed by atoms with Gasteiger partial charge in [0.25, 0.3) is 0 Å². The van der Waals surface area contributed by atoms with E-state index in [4.69, 9.17) is 15.0 Å². The molecule has 62 heavy (non-hydrogen) atoms. The van der Waals surface area contributed by atoms with E-state index in [2.05, 4.69) is 237 Å². The summed E-state index contributed by atoms with van der Waals surface area (Å²) in [6.45, 7) is 0. The predicted octanol–water partition coefficient (Wildman–Crippen LogP) is 15.5. The van der Waals surface area contributed by atoms with E-state index in [1.165, 1.54) is 33.0 Å². The monoisotopic (exact) mass is 789 g/mol. The molecule has 0 aliphatic carbocycles. The van der Waals surface area contributed by atoms with Crippen LogP contribution in [0.15, 0.2) is 237 Å². The van der Waals surface area contributed by atoms with Crippen LogP contribution in [0, 0.1) is 0 Å². The van der Waals surface area contributed by atoms with Crippen LogP contribution in [0.2, 0.25) is 0 Å². The quantitative estimate of drug-likeness (QED) is 0.154. The van der Waals surface area contributed by atoms with Crippen LogP contribution in [0.4, 0.5) is 0 Å². The van der Waals surface area contributed by atoms with E-state index >= 15 is 0 Å². The van der Waals surface area contributed by atoms with Gasteiger partial charge in [0.2, 0.25) is 0 Å². The molecule has 11 rings (SSSR count). The zero-order valence-electron chi connectivity index (χ0n) is 33.9. The third kappa shape index (κ3) is 7.02. The summed E-state index contributed by atoms with van der Waals surface area (Å²) < 4.78 is 0. The van der Waals surface area contributed by atoms with Crippen molar-refractivity contribution in [2.45, 2.75) is 0 Å². The molecule has 0 spiro atoms. The summed E-state index contributed by atoms with van der Waals surface area (Å²) >= 11 is 0. The van der Waals surface area contributed by atoms with Crippen molar-refractivity contribution in [3.63, 3.8) is 0 Å². The Hall–Kier alpha value is -8.27. The summed E-state index contributed by atoms with van der Waals surface area (Å²) in [5, 5.41) is 4.71. The van der Waals surface area contributed by atoms with Crippen molar-refractivity contribution in [1.82, 2.24) is 15.0 Å². The molecule has 0 aliphatic rings. The fourth-order valence-corrected chi connectivity index (χ4v) is 8.69. The largest absolute Gasteiger partial charge is 0.208 e. The van der Waals surface area contributed by atoms with Crippen LogP contribution in [0.25, 0.3) is 111 Å². The van der Waals surface area contributed by atoms with Gasteiger partial charge in [-0.2, -0.15) is 0 Å². The van der Waals surface area contributed by atoms with Crippen molar-refractivity contribution < 1.29 is 0 Å². The second-order valence-corrected chi connectivity index (χ2v) is 15.6. The summed E-state index contributed by atoms with van der Waals surface area (Å²) in [6, 6.07) is 83.6. The first kappa shape index (κ1) is 36.8. The number of hydrogen-bond acceptors (Lipinski definition) is 3. The van der Waals surface area contributed by atoms with Crippen LogP contribution in [0.3, 0.4) is 0 Å². The van der Waals surface area contributed by atoms with E-state index in [1.54, 1.807) is 0 Å². The Labute approximate surface area is 361 Å². The number of fused-ring (bicyclic) bond motifs is 2. The topological polar surface area (TPSA) is 38.7 Å². The average Bonchev–Trinajstić information content (AvgIpc) is 3.36. The van der Waals surface area contributed by atoms with Crippen molar-refractivity contribution in [1.29, 1.82) is 0 Å². The molecule has 0 fully saturated rings. The van der Waals surface area contributed by atoms with Crippen LogP contribution >= 0.6 is 0 Å². The van der Waals surface area contributed by atoms with Crippen LogP contribution < -0.4 is 0 Å². The molecule has 11 aromatic rings. The van der Waals surface area contributed by atoms with Crippen LogP contribution in [0.5, 0.6) is 0 Å². The molecule has 0 bridgehead atoms. The highest BCUT2D eigenvalue weighted by molar-refractivity contribution is 6.05. The molecular weight excluding hydrogens is 751 g/mol. The van der Waals surface area contributed by atoms with Crippen molar-refractivity contribution in [3.8, 4) is 89.8 Å². The van der Waals surface area contributed by atoms with Crippen molar-refractivity contribution in [2.24, 2.45) is 0 Å². The molecule has 3 nitrogen and oxygen atoms in total. The Bertz CT molecular complexity index is 3380. The molecule has 1 heterocycles.